The van der Waals surface area contributed by atoms with Crippen LogP contribution in [0, 0.1) is 0 Å². The highest BCUT2D eigenvalue weighted by atomic mass is 35.5. The summed E-state index contributed by atoms with van der Waals surface area (Å²) in [4.78, 5) is 19.8. The molecule has 2 aliphatic rings. The quantitative estimate of drug-likeness (QED) is 0.691. The fraction of sp³-hybridized carbons (Fsp3) is 0.480. The Morgan fingerprint density at radius 2 is 1.75 bits per heavy atom. The third kappa shape index (κ3) is 5.13. The summed E-state index contributed by atoms with van der Waals surface area (Å²) in [5.41, 5.74) is 1.27. The molecule has 0 radical (unpaired) electrons. The number of benzene rings is 2. The number of piperazine rings is 1. The van der Waals surface area contributed by atoms with Crippen molar-refractivity contribution in [3.05, 3.63) is 53.6 Å². The largest absolute Gasteiger partial charge is 0.486 e. The number of halogens is 1. The maximum absolute atomic E-state index is 13.2. The van der Waals surface area contributed by atoms with E-state index in [0.29, 0.717) is 29.8 Å². The molecule has 2 fully saturated rings. The van der Waals surface area contributed by atoms with Crippen LogP contribution in [-0.2, 0) is 0 Å². The highest BCUT2D eigenvalue weighted by Crippen LogP contribution is 2.35. The third-order valence-corrected chi connectivity index (χ3v) is 6.75. The molecule has 0 aromatic heterocycles. The van der Waals surface area contributed by atoms with E-state index in [4.69, 9.17) is 16.3 Å². The van der Waals surface area contributed by atoms with Gasteiger partial charge in [-0.1, -0.05) is 35.9 Å². The molecule has 0 aliphatic carbocycles. The molecule has 4 rings (SSSR count). The number of anilines is 2. The van der Waals surface area contributed by atoms with Gasteiger partial charge in [-0.2, -0.15) is 0 Å². The Morgan fingerprint density at radius 3 is 2.44 bits per heavy atom. The first-order valence-corrected chi connectivity index (χ1v) is 11.8. The van der Waals surface area contributed by atoms with Crippen molar-refractivity contribution in [3.63, 3.8) is 0 Å². The Labute approximate surface area is 196 Å². The molecule has 0 unspecified atom stereocenters. The summed E-state index contributed by atoms with van der Waals surface area (Å²) in [5.74, 6) is 0.825. The first-order valence-electron chi connectivity index (χ1n) is 11.4. The number of ether oxygens (including phenoxy) is 1. The number of rotatable bonds is 5. The minimum Gasteiger partial charge on any atom is -0.486 e. The predicted molar refractivity (Wildman–Crippen MR) is 131 cm³/mol. The van der Waals surface area contributed by atoms with Crippen molar-refractivity contribution in [1.29, 1.82) is 0 Å². The molecular weight excluding hydrogens is 424 g/mol. The number of carbonyl (C=O) groups excluding carboxylic acids is 1. The number of urea groups is 1. The molecule has 0 saturated carbocycles. The van der Waals surface area contributed by atoms with E-state index < -0.39 is 5.60 Å². The van der Waals surface area contributed by atoms with Crippen molar-refractivity contribution in [2.45, 2.75) is 38.8 Å². The van der Waals surface area contributed by atoms with Gasteiger partial charge >= 0.3 is 6.03 Å². The Balaban J connectivity index is 1.43. The SMILES string of the molecule is CC(C)N1CCN(c2cccc(Cl)c2NC(=O)N2CC[C@@](C)(Oc3ccccc3)C2)CC1. The molecule has 2 amide bonds. The topological polar surface area (TPSA) is 48.0 Å². The summed E-state index contributed by atoms with van der Waals surface area (Å²) < 4.78 is 6.20. The maximum Gasteiger partial charge on any atom is 0.322 e. The Kier molecular flexibility index (Phi) is 6.82. The van der Waals surface area contributed by atoms with Gasteiger partial charge in [0.05, 0.1) is 22.9 Å². The van der Waals surface area contributed by atoms with E-state index in [1.165, 1.54) is 0 Å². The molecule has 2 saturated heterocycles. The normalized spacial score (nSPS) is 21.8. The molecule has 2 aromatic rings. The van der Waals surface area contributed by atoms with Gasteiger partial charge < -0.3 is 19.9 Å². The summed E-state index contributed by atoms with van der Waals surface area (Å²) in [6.07, 6.45) is 0.780. The highest BCUT2D eigenvalue weighted by Gasteiger charge is 2.38. The number of likely N-dealkylation sites (tertiary alicyclic amines) is 1. The average Bonchev–Trinajstić information content (AvgIpc) is 3.17. The Hall–Kier alpha value is -2.44. The molecule has 2 aliphatic heterocycles. The standard InChI is InChI=1S/C25H33ClN4O2/c1-19(2)28-14-16-29(17-15-28)22-11-7-10-21(26)23(22)27-24(31)30-13-12-25(3,18-30)32-20-8-5-4-6-9-20/h4-11,19H,12-18H2,1-3H3,(H,27,31)/t25-/m1/s1. The number of hydrogen-bond donors (Lipinski definition) is 1. The van der Waals surface area contributed by atoms with E-state index in [2.05, 4.69) is 35.9 Å². The van der Waals surface area contributed by atoms with Crippen LogP contribution >= 0.6 is 11.6 Å². The van der Waals surface area contributed by atoms with Gasteiger partial charge in [-0.15, -0.1) is 0 Å². The fourth-order valence-electron chi connectivity index (χ4n) is 4.53. The maximum atomic E-state index is 13.2. The first kappa shape index (κ1) is 22.7. The zero-order valence-corrected chi connectivity index (χ0v) is 19.9. The van der Waals surface area contributed by atoms with Gasteiger partial charge in [0.1, 0.15) is 11.4 Å². The fourth-order valence-corrected chi connectivity index (χ4v) is 4.75. The molecule has 6 nitrogen and oxygen atoms in total. The predicted octanol–water partition coefficient (Wildman–Crippen LogP) is 4.95. The number of amides is 2. The molecule has 1 N–H and O–H groups in total. The molecule has 7 heteroatoms. The van der Waals surface area contributed by atoms with E-state index in [0.717, 1.165) is 44.0 Å². The van der Waals surface area contributed by atoms with Crippen molar-refractivity contribution in [1.82, 2.24) is 9.80 Å². The van der Waals surface area contributed by atoms with E-state index in [1.54, 1.807) is 0 Å². The van der Waals surface area contributed by atoms with Gasteiger partial charge in [0.2, 0.25) is 0 Å². The molecule has 0 bridgehead atoms. The first-order chi connectivity index (χ1) is 15.3. The van der Waals surface area contributed by atoms with Crippen LogP contribution in [0.4, 0.5) is 16.2 Å². The van der Waals surface area contributed by atoms with E-state index in [1.807, 2.05) is 53.4 Å². The highest BCUT2D eigenvalue weighted by molar-refractivity contribution is 6.34. The van der Waals surface area contributed by atoms with Crippen LogP contribution in [0.2, 0.25) is 5.02 Å². The minimum atomic E-state index is -0.408. The van der Waals surface area contributed by atoms with Crippen molar-refractivity contribution >= 4 is 29.0 Å². The van der Waals surface area contributed by atoms with Gasteiger partial charge in [-0.05, 0) is 45.0 Å². The van der Waals surface area contributed by atoms with Gasteiger partial charge in [-0.25, -0.2) is 4.79 Å². The lowest BCUT2D eigenvalue weighted by molar-refractivity contribution is 0.100. The van der Waals surface area contributed by atoms with Crippen LogP contribution in [0.1, 0.15) is 27.2 Å². The summed E-state index contributed by atoms with van der Waals surface area (Å²) in [6.45, 7) is 11.5. The monoisotopic (exact) mass is 456 g/mol. The van der Waals surface area contributed by atoms with E-state index >= 15 is 0 Å². The lowest BCUT2D eigenvalue weighted by atomic mass is 10.1. The molecule has 2 aromatic carbocycles. The minimum absolute atomic E-state index is 0.138. The second kappa shape index (κ2) is 9.59. The number of para-hydroxylation sites is 2. The zero-order valence-electron chi connectivity index (χ0n) is 19.2. The lowest BCUT2D eigenvalue weighted by Crippen LogP contribution is -2.49. The van der Waals surface area contributed by atoms with Crippen molar-refractivity contribution in [2.24, 2.45) is 0 Å². The Morgan fingerprint density at radius 1 is 1.03 bits per heavy atom. The second-order valence-corrected chi connectivity index (χ2v) is 9.62. The van der Waals surface area contributed by atoms with Gasteiger partial charge in [0.25, 0.3) is 0 Å². The smallest absolute Gasteiger partial charge is 0.322 e. The van der Waals surface area contributed by atoms with Crippen LogP contribution < -0.4 is 15.0 Å². The van der Waals surface area contributed by atoms with Crippen LogP contribution in [0.3, 0.4) is 0 Å². The summed E-state index contributed by atoms with van der Waals surface area (Å²) in [6, 6.07) is 16.0. The van der Waals surface area contributed by atoms with Gasteiger partial charge in [-0.3, -0.25) is 4.90 Å². The van der Waals surface area contributed by atoms with E-state index in [-0.39, 0.29) is 6.03 Å². The van der Waals surface area contributed by atoms with Crippen molar-refractivity contribution in [2.75, 3.05) is 49.5 Å². The molecule has 172 valence electrons. The lowest BCUT2D eigenvalue weighted by Gasteiger charge is -2.39. The molecule has 32 heavy (non-hydrogen) atoms. The average molecular weight is 457 g/mol. The number of hydrogen-bond acceptors (Lipinski definition) is 4. The summed E-state index contributed by atoms with van der Waals surface area (Å²) in [7, 11) is 0. The zero-order chi connectivity index (χ0) is 22.7. The number of nitrogens with zero attached hydrogens (tertiary/aromatic N) is 3. The number of nitrogens with one attached hydrogen (secondary N) is 1. The molecule has 0 spiro atoms. The third-order valence-electron chi connectivity index (χ3n) is 6.44. The van der Waals surface area contributed by atoms with E-state index in [9.17, 15) is 4.79 Å². The van der Waals surface area contributed by atoms with Gasteiger partial charge in [0, 0.05) is 45.2 Å². The van der Waals surface area contributed by atoms with Crippen LogP contribution in [0.25, 0.3) is 0 Å². The van der Waals surface area contributed by atoms with Crippen molar-refractivity contribution < 1.29 is 9.53 Å². The molecular formula is C25H33ClN4O2. The number of carbonyl (C=O) groups is 1. The van der Waals surface area contributed by atoms with Crippen molar-refractivity contribution in [3.8, 4) is 5.75 Å². The Bertz CT molecular complexity index is 931. The second-order valence-electron chi connectivity index (χ2n) is 9.22. The van der Waals surface area contributed by atoms with Crippen LogP contribution in [0.5, 0.6) is 5.75 Å². The summed E-state index contributed by atoms with van der Waals surface area (Å²) >= 11 is 6.55. The molecule has 1 atom stereocenters. The molecule has 2 heterocycles. The van der Waals surface area contributed by atoms with Gasteiger partial charge in [0.15, 0.2) is 0 Å². The van der Waals surface area contributed by atoms with Crippen LogP contribution in [0.15, 0.2) is 48.5 Å². The summed E-state index contributed by atoms with van der Waals surface area (Å²) in [5, 5.41) is 3.66. The van der Waals surface area contributed by atoms with Crippen LogP contribution in [-0.4, -0.2) is 66.7 Å².